The lowest BCUT2D eigenvalue weighted by Gasteiger charge is -2.35. The smallest absolute Gasteiger partial charge is 0.234 e. The first-order valence-corrected chi connectivity index (χ1v) is 9.82. The van der Waals surface area contributed by atoms with Gasteiger partial charge in [-0.3, -0.25) is 9.69 Å². The van der Waals surface area contributed by atoms with Crippen LogP contribution < -0.4 is 10.2 Å². The molecule has 1 aliphatic rings. The summed E-state index contributed by atoms with van der Waals surface area (Å²) in [6.07, 6.45) is 1.81. The Labute approximate surface area is 167 Å². The minimum Gasteiger partial charge on any atom is -0.354 e. The Hall–Kier alpha value is -1.63. The van der Waals surface area contributed by atoms with Crippen LogP contribution in [0.1, 0.15) is 18.5 Å². The zero-order chi connectivity index (χ0) is 18.5. The second-order valence-corrected chi connectivity index (χ2v) is 7.79. The second-order valence-electron chi connectivity index (χ2n) is 6.44. The van der Waals surface area contributed by atoms with Gasteiger partial charge in [-0.05, 0) is 52.7 Å². The van der Waals surface area contributed by atoms with Gasteiger partial charge in [0, 0.05) is 41.9 Å². The van der Waals surface area contributed by atoms with E-state index in [1.54, 1.807) is 0 Å². The van der Waals surface area contributed by atoms with Gasteiger partial charge in [0.1, 0.15) is 5.82 Å². The van der Waals surface area contributed by atoms with E-state index in [1.165, 1.54) is 0 Å². The molecule has 1 saturated heterocycles. The van der Waals surface area contributed by atoms with Gasteiger partial charge in [-0.25, -0.2) is 4.98 Å². The van der Waals surface area contributed by atoms with Crippen molar-refractivity contribution in [2.75, 3.05) is 37.6 Å². The third-order valence-electron chi connectivity index (χ3n) is 4.52. The monoisotopic (exact) mass is 436 g/mol. The minimum atomic E-state index is -0.0342. The van der Waals surface area contributed by atoms with Crippen molar-refractivity contribution in [1.29, 1.82) is 0 Å². The third kappa shape index (κ3) is 5.19. The molecule has 0 aliphatic carbocycles. The molecule has 0 bridgehead atoms. The molecule has 138 valence electrons. The Kier molecular flexibility index (Phi) is 6.51. The van der Waals surface area contributed by atoms with Crippen molar-refractivity contribution in [2.24, 2.45) is 0 Å². The maximum absolute atomic E-state index is 12.3. The van der Waals surface area contributed by atoms with Crippen molar-refractivity contribution in [3.8, 4) is 0 Å². The highest BCUT2D eigenvalue weighted by atomic mass is 79.9. The van der Waals surface area contributed by atoms with Crippen molar-refractivity contribution in [3.05, 3.63) is 57.7 Å². The number of carbonyl (C=O) groups excluding carboxylic acids is 1. The number of anilines is 1. The maximum Gasteiger partial charge on any atom is 0.234 e. The number of carbonyl (C=O) groups is 1. The first-order valence-electron chi connectivity index (χ1n) is 8.65. The predicted molar refractivity (Wildman–Crippen MR) is 109 cm³/mol. The highest BCUT2D eigenvalue weighted by molar-refractivity contribution is 9.10. The van der Waals surface area contributed by atoms with Crippen LogP contribution >= 0.6 is 27.5 Å². The van der Waals surface area contributed by atoms with E-state index >= 15 is 0 Å². The number of nitrogens with zero attached hydrogens (tertiary/aromatic N) is 3. The molecule has 5 nitrogen and oxygen atoms in total. The summed E-state index contributed by atoms with van der Waals surface area (Å²) in [6.45, 7) is 5.84. The lowest BCUT2D eigenvalue weighted by atomic mass is 10.1. The van der Waals surface area contributed by atoms with Gasteiger partial charge in [-0.2, -0.15) is 0 Å². The van der Waals surface area contributed by atoms with E-state index in [0.717, 1.165) is 42.0 Å². The summed E-state index contributed by atoms with van der Waals surface area (Å²) in [6, 6.07) is 11.5. The quantitative estimate of drug-likeness (QED) is 0.778. The van der Waals surface area contributed by atoms with Crippen LogP contribution in [-0.4, -0.2) is 48.5 Å². The summed E-state index contributed by atoms with van der Waals surface area (Å²) in [5.41, 5.74) is 1.05. The van der Waals surface area contributed by atoms with Crippen LogP contribution in [0.25, 0.3) is 0 Å². The zero-order valence-corrected chi connectivity index (χ0v) is 17.0. The van der Waals surface area contributed by atoms with E-state index in [9.17, 15) is 4.79 Å². The highest BCUT2D eigenvalue weighted by Gasteiger charge is 2.20. The number of hydrogen-bond acceptors (Lipinski definition) is 4. The Morgan fingerprint density at radius 3 is 2.50 bits per heavy atom. The van der Waals surface area contributed by atoms with Crippen molar-refractivity contribution in [1.82, 2.24) is 15.2 Å². The number of hydrogen-bond donors (Lipinski definition) is 1. The van der Waals surface area contributed by atoms with Crippen LogP contribution in [0.2, 0.25) is 5.02 Å². The molecule has 1 fully saturated rings. The second kappa shape index (κ2) is 8.84. The summed E-state index contributed by atoms with van der Waals surface area (Å²) in [5.74, 6) is 1.02. The summed E-state index contributed by atoms with van der Waals surface area (Å²) < 4.78 is 0.978. The van der Waals surface area contributed by atoms with Crippen LogP contribution in [0.15, 0.2) is 47.1 Å². The number of piperazine rings is 1. The molecule has 1 atom stereocenters. The first kappa shape index (κ1) is 19.1. The fraction of sp³-hybridized carbons (Fsp3) is 0.368. The summed E-state index contributed by atoms with van der Waals surface area (Å²) in [4.78, 5) is 21.2. The maximum atomic E-state index is 12.3. The first-order chi connectivity index (χ1) is 12.5. The van der Waals surface area contributed by atoms with Crippen molar-refractivity contribution in [2.45, 2.75) is 13.0 Å². The summed E-state index contributed by atoms with van der Waals surface area (Å²) in [5, 5.41) is 3.76. The predicted octanol–water partition coefficient (Wildman–Crippen LogP) is 3.50. The van der Waals surface area contributed by atoms with Crippen LogP contribution in [0.5, 0.6) is 0 Å². The molecular formula is C19H22BrClN4O. The third-order valence-corrected chi connectivity index (χ3v) is 5.24. The van der Waals surface area contributed by atoms with Gasteiger partial charge >= 0.3 is 0 Å². The number of benzene rings is 1. The molecule has 0 spiro atoms. The van der Waals surface area contributed by atoms with E-state index in [4.69, 9.17) is 11.6 Å². The molecule has 1 N–H and O–H groups in total. The molecule has 0 radical (unpaired) electrons. The molecule has 2 aromatic rings. The Morgan fingerprint density at radius 2 is 1.88 bits per heavy atom. The average Bonchev–Trinajstić information content (AvgIpc) is 2.63. The zero-order valence-electron chi connectivity index (χ0n) is 14.7. The lowest BCUT2D eigenvalue weighted by molar-refractivity contribution is -0.123. The van der Waals surface area contributed by atoms with Crippen LogP contribution in [0.3, 0.4) is 0 Å². The molecule has 0 saturated carbocycles. The van der Waals surface area contributed by atoms with Crippen LogP contribution in [-0.2, 0) is 4.79 Å². The number of amides is 1. The Bertz CT molecular complexity index is 730. The van der Waals surface area contributed by atoms with Gasteiger partial charge < -0.3 is 10.2 Å². The summed E-state index contributed by atoms with van der Waals surface area (Å²) in [7, 11) is 0. The number of aromatic nitrogens is 1. The van der Waals surface area contributed by atoms with E-state index in [0.29, 0.717) is 11.6 Å². The highest BCUT2D eigenvalue weighted by Crippen LogP contribution is 2.17. The largest absolute Gasteiger partial charge is 0.354 e. The lowest BCUT2D eigenvalue weighted by Crippen LogP contribution is -2.49. The van der Waals surface area contributed by atoms with E-state index in [1.807, 2.05) is 49.5 Å². The van der Waals surface area contributed by atoms with Gasteiger partial charge in [-0.15, -0.1) is 0 Å². The SMILES string of the molecule is CC(NC(=O)CN1CCN(c2ccc(Br)cn2)CC1)c1ccc(Cl)cc1. The molecule has 26 heavy (non-hydrogen) atoms. The van der Waals surface area contributed by atoms with Gasteiger partial charge in [0.2, 0.25) is 5.91 Å². The van der Waals surface area contributed by atoms with Gasteiger partial charge in [0.15, 0.2) is 0 Å². The van der Waals surface area contributed by atoms with Crippen LogP contribution in [0, 0.1) is 0 Å². The molecule has 1 amide bonds. The molecule has 1 aromatic heterocycles. The van der Waals surface area contributed by atoms with Crippen LogP contribution in [0.4, 0.5) is 5.82 Å². The number of rotatable bonds is 5. The Balaban J connectivity index is 1.45. The number of pyridine rings is 1. The molecule has 3 rings (SSSR count). The van der Waals surface area contributed by atoms with Crippen molar-refractivity contribution in [3.63, 3.8) is 0 Å². The number of nitrogens with one attached hydrogen (secondary N) is 1. The van der Waals surface area contributed by atoms with Crippen molar-refractivity contribution >= 4 is 39.3 Å². The summed E-state index contributed by atoms with van der Waals surface area (Å²) >= 11 is 9.32. The topological polar surface area (TPSA) is 48.5 Å². The average molecular weight is 438 g/mol. The minimum absolute atomic E-state index is 0.0342. The van der Waals surface area contributed by atoms with Crippen molar-refractivity contribution < 1.29 is 4.79 Å². The molecule has 2 heterocycles. The molecule has 1 aromatic carbocycles. The molecule has 1 aliphatic heterocycles. The Morgan fingerprint density at radius 1 is 1.19 bits per heavy atom. The molecule has 1 unspecified atom stereocenters. The van der Waals surface area contributed by atoms with E-state index in [-0.39, 0.29) is 11.9 Å². The van der Waals surface area contributed by atoms with E-state index in [2.05, 4.69) is 36.0 Å². The van der Waals surface area contributed by atoms with Gasteiger partial charge in [0.05, 0.1) is 12.6 Å². The molecule has 7 heteroatoms. The molecular weight excluding hydrogens is 416 g/mol. The normalized spacial score (nSPS) is 16.3. The van der Waals surface area contributed by atoms with Gasteiger partial charge in [0.25, 0.3) is 0 Å². The standard InChI is InChI=1S/C19H22BrClN4O/c1-14(15-2-5-17(21)6-3-15)23-19(26)13-24-8-10-25(11-9-24)18-7-4-16(20)12-22-18/h2-7,12,14H,8-11,13H2,1H3,(H,23,26). The fourth-order valence-electron chi connectivity index (χ4n) is 3.02. The van der Waals surface area contributed by atoms with E-state index < -0.39 is 0 Å². The fourth-order valence-corrected chi connectivity index (χ4v) is 3.38. The number of halogens is 2. The van der Waals surface area contributed by atoms with Gasteiger partial charge in [-0.1, -0.05) is 23.7 Å².